The summed E-state index contributed by atoms with van der Waals surface area (Å²) < 4.78 is 8.07. The van der Waals surface area contributed by atoms with Crippen molar-refractivity contribution >= 4 is 16.7 Å². The maximum Gasteiger partial charge on any atom is 0.148 e. The first-order valence-corrected chi connectivity index (χ1v) is 7.68. The lowest BCUT2D eigenvalue weighted by Gasteiger charge is -2.09. The van der Waals surface area contributed by atoms with Gasteiger partial charge in [0.15, 0.2) is 0 Å². The van der Waals surface area contributed by atoms with Gasteiger partial charge >= 0.3 is 0 Å². The van der Waals surface area contributed by atoms with E-state index in [4.69, 9.17) is 10.5 Å². The van der Waals surface area contributed by atoms with Crippen LogP contribution in [0.4, 0.5) is 5.69 Å². The Morgan fingerprint density at radius 2 is 1.95 bits per heavy atom. The molecule has 1 heterocycles. The molecule has 0 atom stereocenters. The smallest absolute Gasteiger partial charge is 0.148 e. The Hall–Kier alpha value is -2.49. The van der Waals surface area contributed by atoms with Crippen molar-refractivity contribution in [2.75, 3.05) is 5.73 Å². The van der Waals surface area contributed by atoms with Crippen molar-refractivity contribution in [3.8, 4) is 5.75 Å². The Kier molecular flexibility index (Phi) is 4.00. The minimum Gasteiger partial charge on any atom is -0.486 e. The Morgan fingerprint density at radius 1 is 1.14 bits per heavy atom. The molecule has 0 radical (unpaired) electrons. The highest BCUT2D eigenvalue weighted by Crippen LogP contribution is 2.23. The lowest BCUT2D eigenvalue weighted by atomic mass is 10.2. The summed E-state index contributed by atoms with van der Waals surface area (Å²) in [5.74, 6) is 1.78. The molecule has 0 saturated heterocycles. The summed E-state index contributed by atoms with van der Waals surface area (Å²) in [4.78, 5) is 4.65. The van der Waals surface area contributed by atoms with E-state index in [0.717, 1.165) is 35.6 Å². The second-order valence-corrected chi connectivity index (χ2v) is 5.28. The highest BCUT2D eigenvalue weighted by Gasteiger charge is 2.11. The molecule has 2 aromatic carbocycles. The van der Waals surface area contributed by atoms with Gasteiger partial charge in [-0.1, -0.05) is 25.1 Å². The lowest BCUT2D eigenvalue weighted by molar-refractivity contribution is 0.290. The van der Waals surface area contributed by atoms with E-state index in [-0.39, 0.29) is 0 Å². The molecule has 0 aliphatic carbocycles. The van der Waals surface area contributed by atoms with Crippen LogP contribution in [-0.2, 0) is 19.6 Å². The number of rotatable bonds is 5. The molecule has 0 unspecified atom stereocenters. The van der Waals surface area contributed by atoms with Crippen molar-refractivity contribution in [1.29, 1.82) is 0 Å². The van der Waals surface area contributed by atoms with Crippen LogP contribution in [0.2, 0.25) is 0 Å². The van der Waals surface area contributed by atoms with Crippen LogP contribution in [0.1, 0.15) is 25.2 Å². The quantitative estimate of drug-likeness (QED) is 0.729. The van der Waals surface area contributed by atoms with Crippen LogP contribution in [-0.4, -0.2) is 9.55 Å². The third-order valence-electron chi connectivity index (χ3n) is 3.88. The van der Waals surface area contributed by atoms with Gasteiger partial charge in [-0.3, -0.25) is 0 Å². The van der Waals surface area contributed by atoms with Crippen LogP contribution in [0.3, 0.4) is 0 Å². The lowest BCUT2D eigenvalue weighted by Crippen LogP contribution is -2.06. The average Bonchev–Trinajstić information content (AvgIpc) is 2.92. The minimum atomic E-state index is 0.440. The molecule has 0 bridgehead atoms. The van der Waals surface area contributed by atoms with E-state index in [1.165, 1.54) is 5.56 Å². The molecule has 114 valence electrons. The largest absolute Gasteiger partial charge is 0.486 e. The number of aromatic nitrogens is 2. The van der Waals surface area contributed by atoms with E-state index in [2.05, 4.69) is 35.5 Å². The third kappa shape index (κ3) is 2.64. The minimum absolute atomic E-state index is 0.440. The monoisotopic (exact) mass is 295 g/mol. The fourth-order valence-electron chi connectivity index (χ4n) is 2.68. The second kappa shape index (κ2) is 6.10. The van der Waals surface area contributed by atoms with Crippen molar-refractivity contribution in [3.63, 3.8) is 0 Å². The number of benzene rings is 2. The molecule has 1 aromatic heterocycles. The zero-order chi connectivity index (χ0) is 15.5. The first-order valence-electron chi connectivity index (χ1n) is 7.68. The van der Waals surface area contributed by atoms with Gasteiger partial charge in [0.1, 0.15) is 23.7 Å². The number of nitrogen functional groups attached to an aromatic ring is 1. The van der Waals surface area contributed by atoms with Gasteiger partial charge in [0, 0.05) is 6.54 Å². The summed E-state index contributed by atoms with van der Waals surface area (Å²) in [6.45, 7) is 5.52. The number of hydrogen-bond donors (Lipinski definition) is 1. The van der Waals surface area contributed by atoms with Gasteiger partial charge in [-0.25, -0.2) is 4.98 Å². The van der Waals surface area contributed by atoms with E-state index in [0.29, 0.717) is 12.3 Å². The second-order valence-electron chi connectivity index (χ2n) is 5.28. The van der Waals surface area contributed by atoms with E-state index in [9.17, 15) is 0 Å². The van der Waals surface area contributed by atoms with Crippen LogP contribution in [0.15, 0.2) is 42.5 Å². The first-order chi connectivity index (χ1) is 10.7. The van der Waals surface area contributed by atoms with Crippen LogP contribution >= 0.6 is 0 Å². The zero-order valence-electron chi connectivity index (χ0n) is 13.0. The van der Waals surface area contributed by atoms with Crippen molar-refractivity contribution in [2.24, 2.45) is 0 Å². The van der Waals surface area contributed by atoms with Gasteiger partial charge in [-0.05, 0) is 43.2 Å². The molecule has 3 rings (SSSR count). The molecule has 0 aliphatic heterocycles. The Balaban J connectivity index is 1.88. The van der Waals surface area contributed by atoms with Crippen molar-refractivity contribution in [2.45, 2.75) is 33.4 Å². The Morgan fingerprint density at radius 3 is 2.73 bits per heavy atom. The summed E-state index contributed by atoms with van der Waals surface area (Å²) in [6, 6.07) is 14.1. The topological polar surface area (TPSA) is 53.1 Å². The molecular weight excluding hydrogens is 274 g/mol. The summed E-state index contributed by atoms with van der Waals surface area (Å²) >= 11 is 0. The number of imidazole rings is 1. The summed E-state index contributed by atoms with van der Waals surface area (Å²) in [5, 5.41) is 0. The van der Waals surface area contributed by atoms with Gasteiger partial charge < -0.3 is 15.0 Å². The number of anilines is 1. The SMILES string of the molecule is CCc1cccc(OCc2nc3c(N)cccc3n2CC)c1. The fraction of sp³-hybridized carbons (Fsp3) is 0.278. The molecule has 4 heteroatoms. The molecule has 4 nitrogen and oxygen atoms in total. The molecule has 0 fully saturated rings. The van der Waals surface area contributed by atoms with Gasteiger partial charge in [-0.2, -0.15) is 0 Å². The zero-order valence-corrected chi connectivity index (χ0v) is 13.0. The van der Waals surface area contributed by atoms with Gasteiger partial charge in [0.25, 0.3) is 0 Å². The molecule has 3 aromatic rings. The van der Waals surface area contributed by atoms with Crippen LogP contribution < -0.4 is 10.5 Å². The Labute approximate surface area is 130 Å². The number of ether oxygens (including phenoxy) is 1. The number of hydrogen-bond acceptors (Lipinski definition) is 3. The highest BCUT2D eigenvalue weighted by molar-refractivity contribution is 5.87. The average molecular weight is 295 g/mol. The van der Waals surface area contributed by atoms with Crippen molar-refractivity contribution < 1.29 is 4.74 Å². The van der Waals surface area contributed by atoms with Gasteiger partial charge in [0.2, 0.25) is 0 Å². The number of fused-ring (bicyclic) bond motifs is 1. The normalized spacial score (nSPS) is 11.0. The first kappa shape index (κ1) is 14.4. The van der Waals surface area contributed by atoms with E-state index in [1.807, 2.05) is 30.3 Å². The van der Waals surface area contributed by atoms with Crippen molar-refractivity contribution in [3.05, 3.63) is 53.9 Å². The molecule has 0 spiro atoms. The van der Waals surface area contributed by atoms with E-state index in [1.54, 1.807) is 0 Å². The summed E-state index contributed by atoms with van der Waals surface area (Å²) in [7, 11) is 0. The standard InChI is InChI=1S/C18H21N3O/c1-3-13-7-5-8-14(11-13)22-12-17-20-18-15(19)9-6-10-16(18)21(17)4-2/h5-11H,3-4,12,19H2,1-2H3. The predicted molar refractivity (Wildman–Crippen MR) is 90.0 cm³/mol. The van der Waals surface area contributed by atoms with Crippen LogP contribution in [0.25, 0.3) is 11.0 Å². The number of aryl methyl sites for hydroxylation is 2. The van der Waals surface area contributed by atoms with Gasteiger partial charge in [-0.15, -0.1) is 0 Å². The molecular formula is C18H21N3O. The molecule has 2 N–H and O–H groups in total. The highest BCUT2D eigenvalue weighted by atomic mass is 16.5. The number of para-hydroxylation sites is 1. The third-order valence-corrected chi connectivity index (χ3v) is 3.88. The predicted octanol–water partition coefficient (Wildman–Crippen LogP) is 3.78. The molecule has 0 amide bonds. The van der Waals surface area contributed by atoms with Crippen LogP contribution in [0.5, 0.6) is 5.75 Å². The fourth-order valence-corrected chi connectivity index (χ4v) is 2.68. The number of nitrogens with two attached hydrogens (primary N) is 1. The van der Waals surface area contributed by atoms with E-state index >= 15 is 0 Å². The van der Waals surface area contributed by atoms with Crippen LogP contribution in [0, 0.1) is 0 Å². The summed E-state index contributed by atoms with van der Waals surface area (Å²) in [5.41, 5.74) is 9.91. The van der Waals surface area contributed by atoms with Crippen molar-refractivity contribution in [1.82, 2.24) is 9.55 Å². The van der Waals surface area contributed by atoms with Gasteiger partial charge in [0.05, 0.1) is 11.2 Å². The molecule has 0 aliphatic rings. The maximum atomic E-state index is 6.02. The number of nitrogens with zero attached hydrogens (tertiary/aromatic N) is 2. The Bertz CT molecular complexity index is 792. The summed E-state index contributed by atoms with van der Waals surface area (Å²) in [6.07, 6.45) is 1.00. The molecule has 0 saturated carbocycles. The maximum absolute atomic E-state index is 6.02. The van der Waals surface area contributed by atoms with E-state index < -0.39 is 0 Å². The molecule has 22 heavy (non-hydrogen) atoms.